The van der Waals surface area contributed by atoms with Crippen molar-refractivity contribution in [2.45, 2.75) is 56.5 Å². The number of nitrogens with one attached hydrogen (secondary N) is 2. The minimum Gasteiger partial charge on any atom is -0.336 e. The topological polar surface area (TPSA) is 102 Å². The molecule has 0 bridgehead atoms. The third kappa shape index (κ3) is 2.93. The van der Waals surface area contributed by atoms with E-state index in [1.807, 2.05) is 24.3 Å². The van der Waals surface area contributed by atoms with Crippen molar-refractivity contribution in [1.29, 1.82) is 5.26 Å². The molecule has 0 radical (unpaired) electrons. The molecule has 2 fully saturated rings. The first-order chi connectivity index (χ1) is 13.4. The van der Waals surface area contributed by atoms with Gasteiger partial charge in [-0.2, -0.15) is 5.26 Å². The van der Waals surface area contributed by atoms with Crippen molar-refractivity contribution in [2.75, 3.05) is 6.54 Å². The van der Waals surface area contributed by atoms with Crippen LogP contribution in [0.3, 0.4) is 0 Å². The number of amides is 4. The molecule has 4 amide bonds. The number of fused-ring (bicyclic) bond motifs is 2. The summed E-state index contributed by atoms with van der Waals surface area (Å²) in [5, 5.41) is 15.0. The lowest BCUT2D eigenvalue weighted by Crippen LogP contribution is -2.51. The van der Waals surface area contributed by atoms with Gasteiger partial charge in [0.05, 0.1) is 6.07 Å². The Balaban J connectivity index is 1.56. The highest BCUT2D eigenvalue weighted by Gasteiger charge is 2.54. The molecule has 1 aliphatic heterocycles. The number of hydrogen-bond acceptors (Lipinski definition) is 4. The van der Waals surface area contributed by atoms with Crippen LogP contribution in [-0.2, 0) is 21.5 Å². The number of benzene rings is 1. The quantitative estimate of drug-likeness (QED) is 0.780. The van der Waals surface area contributed by atoms with E-state index in [0.717, 1.165) is 48.1 Å². The smallest absolute Gasteiger partial charge is 0.325 e. The molecule has 146 valence electrons. The molecule has 1 saturated carbocycles. The number of carbonyl (C=O) groups excluding carboxylic acids is 3. The van der Waals surface area contributed by atoms with Crippen molar-refractivity contribution in [3.8, 4) is 6.07 Å². The van der Waals surface area contributed by atoms with Crippen LogP contribution in [0.4, 0.5) is 4.79 Å². The van der Waals surface area contributed by atoms with E-state index >= 15 is 0 Å². The van der Waals surface area contributed by atoms with Gasteiger partial charge in [0.1, 0.15) is 17.6 Å². The zero-order valence-corrected chi connectivity index (χ0v) is 16.0. The Hall–Kier alpha value is -2.88. The zero-order chi connectivity index (χ0) is 19.9. The predicted molar refractivity (Wildman–Crippen MR) is 101 cm³/mol. The Morgan fingerprint density at radius 2 is 2.11 bits per heavy atom. The average Bonchev–Trinajstić information content (AvgIpc) is 3.51. The van der Waals surface area contributed by atoms with Crippen LogP contribution in [0.1, 0.15) is 50.2 Å². The van der Waals surface area contributed by atoms with Crippen molar-refractivity contribution < 1.29 is 14.4 Å². The van der Waals surface area contributed by atoms with Crippen LogP contribution in [0.15, 0.2) is 24.3 Å². The summed E-state index contributed by atoms with van der Waals surface area (Å²) in [6.45, 7) is 1.32. The molecule has 7 heteroatoms. The Morgan fingerprint density at radius 1 is 1.36 bits per heavy atom. The van der Waals surface area contributed by atoms with E-state index in [1.165, 1.54) is 0 Å². The zero-order valence-electron chi connectivity index (χ0n) is 16.0. The Bertz CT molecular complexity index is 888. The molecule has 28 heavy (non-hydrogen) atoms. The molecule has 1 saturated heterocycles. The van der Waals surface area contributed by atoms with Crippen molar-refractivity contribution in [3.05, 3.63) is 35.4 Å². The number of aryl methyl sites for hydroxylation is 1. The van der Waals surface area contributed by atoms with Crippen LogP contribution in [0.5, 0.6) is 0 Å². The summed E-state index contributed by atoms with van der Waals surface area (Å²) in [5.74, 6) is -0.741. The van der Waals surface area contributed by atoms with Crippen LogP contribution in [-0.4, -0.2) is 34.8 Å². The number of urea groups is 1. The predicted octanol–water partition coefficient (Wildman–Crippen LogP) is 1.97. The second-order valence-electron chi connectivity index (χ2n) is 8.23. The van der Waals surface area contributed by atoms with Gasteiger partial charge in [-0.05, 0) is 62.5 Å². The standard InChI is InChI=1S/C21H24N4O3/c1-20(13-22,15-9-10-15)23-17(26)12-25-18(27)21(24-19(25)28)11-5-4-7-14-6-2-3-8-16(14)21/h2-3,6,8,15H,4-5,7,9-12H2,1H3,(H,23,26)(H,24,28). The summed E-state index contributed by atoms with van der Waals surface area (Å²) in [5.41, 5.74) is -0.165. The fourth-order valence-corrected chi connectivity index (χ4v) is 4.47. The lowest BCUT2D eigenvalue weighted by Gasteiger charge is -2.28. The van der Waals surface area contributed by atoms with Gasteiger partial charge in [-0.15, -0.1) is 0 Å². The van der Waals surface area contributed by atoms with Crippen LogP contribution in [0, 0.1) is 17.2 Å². The molecule has 4 rings (SSSR count). The van der Waals surface area contributed by atoms with Crippen LogP contribution in [0.2, 0.25) is 0 Å². The molecule has 2 N–H and O–H groups in total. The second kappa shape index (κ2) is 6.62. The van der Waals surface area contributed by atoms with E-state index < -0.39 is 23.0 Å². The maximum Gasteiger partial charge on any atom is 0.325 e. The number of nitrogens with zero attached hydrogens (tertiary/aromatic N) is 2. The Labute approximate surface area is 164 Å². The van der Waals surface area contributed by atoms with E-state index in [4.69, 9.17) is 0 Å². The fraction of sp³-hybridized carbons (Fsp3) is 0.524. The highest BCUT2D eigenvalue weighted by Crippen LogP contribution is 2.40. The molecule has 3 aliphatic rings. The van der Waals surface area contributed by atoms with Crippen LogP contribution in [0.25, 0.3) is 0 Å². The third-order valence-electron chi connectivity index (χ3n) is 6.23. The van der Waals surface area contributed by atoms with E-state index in [2.05, 4.69) is 16.7 Å². The van der Waals surface area contributed by atoms with E-state index in [1.54, 1.807) is 6.92 Å². The summed E-state index contributed by atoms with van der Waals surface area (Å²) in [4.78, 5) is 39.5. The first kappa shape index (κ1) is 18.5. The molecule has 7 nitrogen and oxygen atoms in total. The second-order valence-corrected chi connectivity index (χ2v) is 8.23. The largest absolute Gasteiger partial charge is 0.336 e. The van der Waals surface area contributed by atoms with Gasteiger partial charge in [0.15, 0.2) is 0 Å². The van der Waals surface area contributed by atoms with Gasteiger partial charge in [0.2, 0.25) is 5.91 Å². The molecular formula is C21H24N4O3. The first-order valence-electron chi connectivity index (χ1n) is 9.84. The maximum atomic E-state index is 13.3. The third-order valence-corrected chi connectivity index (χ3v) is 6.23. The summed E-state index contributed by atoms with van der Waals surface area (Å²) in [6, 6.07) is 9.29. The molecule has 0 aromatic heterocycles. The monoisotopic (exact) mass is 380 g/mol. The van der Waals surface area contributed by atoms with Gasteiger partial charge in [-0.3, -0.25) is 14.5 Å². The minimum absolute atomic E-state index is 0.129. The average molecular weight is 380 g/mol. The normalized spacial score (nSPS) is 26.1. The van der Waals surface area contributed by atoms with Gasteiger partial charge in [-0.25, -0.2) is 4.79 Å². The fourth-order valence-electron chi connectivity index (χ4n) is 4.47. The lowest BCUT2D eigenvalue weighted by molar-refractivity contribution is -0.135. The highest BCUT2D eigenvalue weighted by atomic mass is 16.2. The lowest BCUT2D eigenvalue weighted by atomic mass is 9.84. The molecular weight excluding hydrogens is 356 g/mol. The molecule has 1 spiro atoms. The van der Waals surface area contributed by atoms with Crippen molar-refractivity contribution in [2.24, 2.45) is 5.92 Å². The summed E-state index contributed by atoms with van der Waals surface area (Å²) in [6.07, 6.45) is 4.94. The van der Waals surface area contributed by atoms with E-state index in [9.17, 15) is 19.6 Å². The number of nitriles is 1. The molecule has 1 aromatic rings. The Kier molecular flexibility index (Phi) is 4.37. The van der Waals surface area contributed by atoms with Gasteiger partial charge >= 0.3 is 6.03 Å². The molecule has 2 atom stereocenters. The maximum absolute atomic E-state index is 13.3. The van der Waals surface area contributed by atoms with Gasteiger partial charge in [-0.1, -0.05) is 24.3 Å². The molecule has 2 aliphatic carbocycles. The van der Waals surface area contributed by atoms with Crippen molar-refractivity contribution in [1.82, 2.24) is 15.5 Å². The van der Waals surface area contributed by atoms with Gasteiger partial charge in [0.25, 0.3) is 5.91 Å². The number of imide groups is 1. The number of hydrogen-bond donors (Lipinski definition) is 2. The number of rotatable bonds is 4. The van der Waals surface area contributed by atoms with Gasteiger partial charge < -0.3 is 10.6 Å². The highest BCUT2D eigenvalue weighted by molar-refractivity contribution is 6.09. The molecule has 1 aromatic carbocycles. The summed E-state index contributed by atoms with van der Waals surface area (Å²) in [7, 11) is 0. The Morgan fingerprint density at radius 3 is 2.82 bits per heavy atom. The summed E-state index contributed by atoms with van der Waals surface area (Å²) < 4.78 is 0. The SMILES string of the molecule is CC(C#N)(NC(=O)CN1C(=O)NC2(CCCCc3ccccc32)C1=O)C1CC1. The van der Waals surface area contributed by atoms with E-state index in [0.29, 0.717) is 6.42 Å². The van der Waals surface area contributed by atoms with Crippen molar-refractivity contribution in [3.63, 3.8) is 0 Å². The van der Waals surface area contributed by atoms with Crippen molar-refractivity contribution >= 4 is 17.8 Å². The first-order valence-corrected chi connectivity index (χ1v) is 9.84. The molecule has 2 unspecified atom stereocenters. The van der Waals surface area contributed by atoms with Crippen LogP contribution < -0.4 is 10.6 Å². The van der Waals surface area contributed by atoms with Crippen LogP contribution >= 0.6 is 0 Å². The molecule has 1 heterocycles. The minimum atomic E-state index is -1.10. The number of carbonyl (C=O) groups is 3. The van der Waals surface area contributed by atoms with Gasteiger partial charge in [0, 0.05) is 0 Å². The van der Waals surface area contributed by atoms with E-state index in [-0.39, 0.29) is 18.4 Å². The summed E-state index contributed by atoms with van der Waals surface area (Å²) >= 11 is 0.